The van der Waals surface area contributed by atoms with Crippen LogP contribution < -0.4 is 10.1 Å². The second kappa shape index (κ2) is 6.08. The van der Waals surface area contributed by atoms with Gasteiger partial charge < -0.3 is 19.4 Å². The predicted octanol–water partition coefficient (Wildman–Crippen LogP) is 2.15. The lowest BCUT2D eigenvalue weighted by molar-refractivity contribution is 0.0746. The lowest BCUT2D eigenvalue weighted by Crippen LogP contribution is -2.32. The second-order valence-corrected chi connectivity index (χ2v) is 6.27. The molecule has 2 aliphatic heterocycles. The Morgan fingerprint density at radius 1 is 1.17 bits per heavy atom. The molecule has 1 N–H and O–H groups in total. The number of fused-ring (bicyclic) bond motifs is 1. The normalized spacial score (nSPS) is 23.0. The third-order valence-corrected chi connectivity index (χ3v) is 4.76. The van der Waals surface area contributed by atoms with Gasteiger partial charge in [0.2, 0.25) is 0 Å². The number of ether oxygens (including phenoxy) is 1. The van der Waals surface area contributed by atoms with Crippen molar-refractivity contribution in [3.8, 4) is 5.75 Å². The van der Waals surface area contributed by atoms with Crippen molar-refractivity contribution < 1.29 is 13.9 Å². The van der Waals surface area contributed by atoms with Gasteiger partial charge in [-0.3, -0.25) is 4.79 Å². The molecule has 2 atom stereocenters. The zero-order valence-electron chi connectivity index (χ0n) is 12.9. The van der Waals surface area contributed by atoms with Crippen molar-refractivity contribution in [1.29, 1.82) is 0 Å². The molecule has 120 valence electrons. The van der Waals surface area contributed by atoms with Crippen molar-refractivity contribution in [3.05, 3.63) is 54.0 Å². The number of hydrogen-bond acceptors (Lipinski definition) is 4. The summed E-state index contributed by atoms with van der Waals surface area (Å²) in [5.74, 6) is 2.34. The molecule has 0 saturated carbocycles. The fourth-order valence-electron chi connectivity index (χ4n) is 3.48. The summed E-state index contributed by atoms with van der Waals surface area (Å²) in [6, 6.07) is 11.4. The number of nitrogens with one attached hydrogen (secondary N) is 1. The second-order valence-electron chi connectivity index (χ2n) is 6.27. The van der Waals surface area contributed by atoms with E-state index in [4.69, 9.17) is 9.15 Å². The van der Waals surface area contributed by atoms with Crippen molar-refractivity contribution in [2.45, 2.75) is 6.61 Å². The highest BCUT2D eigenvalue weighted by Gasteiger charge is 2.39. The van der Waals surface area contributed by atoms with Gasteiger partial charge in [0.05, 0.1) is 6.26 Å². The van der Waals surface area contributed by atoms with Gasteiger partial charge in [0.15, 0.2) is 5.76 Å². The predicted molar refractivity (Wildman–Crippen MR) is 85.2 cm³/mol. The summed E-state index contributed by atoms with van der Waals surface area (Å²) in [7, 11) is 0. The first-order valence-corrected chi connectivity index (χ1v) is 8.05. The van der Waals surface area contributed by atoms with Crippen LogP contribution in [-0.2, 0) is 6.61 Å². The fraction of sp³-hybridized carbons (Fsp3) is 0.389. The quantitative estimate of drug-likeness (QED) is 0.940. The number of amides is 1. The first-order chi connectivity index (χ1) is 11.3. The van der Waals surface area contributed by atoms with Crippen LogP contribution in [-0.4, -0.2) is 37.0 Å². The lowest BCUT2D eigenvalue weighted by Gasteiger charge is -2.17. The van der Waals surface area contributed by atoms with E-state index in [1.165, 1.54) is 0 Å². The Hall–Kier alpha value is -2.27. The number of carbonyl (C=O) groups excluding carboxylic acids is 1. The van der Waals surface area contributed by atoms with Crippen LogP contribution in [0.15, 0.2) is 47.1 Å². The molecule has 5 heteroatoms. The van der Waals surface area contributed by atoms with Gasteiger partial charge in [0.1, 0.15) is 12.4 Å². The highest BCUT2D eigenvalue weighted by Crippen LogP contribution is 2.28. The molecule has 1 aromatic carbocycles. The van der Waals surface area contributed by atoms with Gasteiger partial charge >= 0.3 is 0 Å². The standard InChI is InChI=1S/C18H20N2O3/c21-18(20-10-14-8-19-9-15(14)11-20)17-13(6-7-22-17)12-23-16-4-2-1-3-5-16/h1-7,14-15,19H,8-12H2/t14-,15+. The molecule has 5 nitrogen and oxygen atoms in total. The minimum absolute atomic E-state index is 0.0175. The van der Waals surface area contributed by atoms with E-state index in [9.17, 15) is 4.79 Å². The molecule has 23 heavy (non-hydrogen) atoms. The van der Waals surface area contributed by atoms with E-state index >= 15 is 0 Å². The van der Waals surface area contributed by atoms with Crippen LogP contribution in [0.1, 0.15) is 16.1 Å². The summed E-state index contributed by atoms with van der Waals surface area (Å²) in [6.45, 7) is 3.99. The van der Waals surface area contributed by atoms with E-state index in [1.54, 1.807) is 6.26 Å². The summed E-state index contributed by atoms with van der Waals surface area (Å²) in [6.07, 6.45) is 1.56. The molecule has 0 bridgehead atoms. The third-order valence-electron chi connectivity index (χ3n) is 4.76. The monoisotopic (exact) mass is 312 g/mol. The van der Waals surface area contributed by atoms with Gasteiger partial charge in [-0.05, 0) is 30.0 Å². The molecule has 3 heterocycles. The van der Waals surface area contributed by atoms with E-state index < -0.39 is 0 Å². The molecular formula is C18H20N2O3. The van der Waals surface area contributed by atoms with Crippen LogP contribution in [0, 0.1) is 11.8 Å². The van der Waals surface area contributed by atoms with Gasteiger partial charge in [0, 0.05) is 31.7 Å². The molecule has 1 amide bonds. The van der Waals surface area contributed by atoms with Crippen molar-refractivity contribution in [2.24, 2.45) is 11.8 Å². The average molecular weight is 312 g/mol. The summed E-state index contributed by atoms with van der Waals surface area (Å²) in [5, 5.41) is 3.39. The molecule has 0 spiro atoms. The third kappa shape index (κ3) is 2.84. The van der Waals surface area contributed by atoms with Crippen LogP contribution >= 0.6 is 0 Å². The first kappa shape index (κ1) is 14.3. The number of benzene rings is 1. The minimum atomic E-state index is -0.0175. The summed E-state index contributed by atoms with van der Waals surface area (Å²) >= 11 is 0. The van der Waals surface area contributed by atoms with Crippen molar-refractivity contribution in [1.82, 2.24) is 10.2 Å². The van der Waals surface area contributed by atoms with E-state index in [0.717, 1.165) is 37.5 Å². The van der Waals surface area contributed by atoms with Crippen LogP contribution in [0.4, 0.5) is 0 Å². The lowest BCUT2D eigenvalue weighted by atomic mass is 10.0. The molecule has 2 saturated heterocycles. The number of hydrogen-bond donors (Lipinski definition) is 1. The van der Waals surface area contributed by atoms with Gasteiger partial charge in [-0.15, -0.1) is 0 Å². The van der Waals surface area contributed by atoms with Gasteiger partial charge in [-0.2, -0.15) is 0 Å². The van der Waals surface area contributed by atoms with Crippen LogP contribution in [0.25, 0.3) is 0 Å². The number of likely N-dealkylation sites (tertiary alicyclic amines) is 1. The Balaban J connectivity index is 1.43. The maximum atomic E-state index is 12.7. The molecule has 1 aromatic heterocycles. The molecule has 0 aliphatic carbocycles. The molecule has 2 aliphatic rings. The number of carbonyl (C=O) groups is 1. The van der Waals surface area contributed by atoms with Crippen molar-refractivity contribution in [2.75, 3.05) is 26.2 Å². The highest BCUT2D eigenvalue weighted by atomic mass is 16.5. The maximum absolute atomic E-state index is 12.7. The van der Waals surface area contributed by atoms with Crippen molar-refractivity contribution >= 4 is 5.91 Å². The van der Waals surface area contributed by atoms with Crippen molar-refractivity contribution in [3.63, 3.8) is 0 Å². The van der Waals surface area contributed by atoms with Crippen LogP contribution in [0.5, 0.6) is 5.75 Å². The first-order valence-electron chi connectivity index (χ1n) is 8.05. The largest absolute Gasteiger partial charge is 0.489 e. The number of furan rings is 1. The number of para-hydroxylation sites is 1. The van der Waals surface area contributed by atoms with Crippen LogP contribution in [0.2, 0.25) is 0 Å². The SMILES string of the molecule is O=C(c1occc1COc1ccccc1)N1C[C@H]2CNC[C@H]2C1. The Morgan fingerprint density at radius 2 is 1.91 bits per heavy atom. The van der Waals surface area contributed by atoms with Gasteiger partial charge in [-0.1, -0.05) is 18.2 Å². The molecule has 2 fully saturated rings. The van der Waals surface area contributed by atoms with E-state index in [0.29, 0.717) is 24.2 Å². The Morgan fingerprint density at radius 3 is 2.65 bits per heavy atom. The number of rotatable bonds is 4. The zero-order chi connectivity index (χ0) is 15.6. The summed E-state index contributed by atoms with van der Waals surface area (Å²) < 4.78 is 11.2. The molecule has 0 unspecified atom stereocenters. The molecular weight excluding hydrogens is 292 g/mol. The summed E-state index contributed by atoms with van der Waals surface area (Å²) in [4.78, 5) is 14.6. The van der Waals surface area contributed by atoms with E-state index in [-0.39, 0.29) is 5.91 Å². The maximum Gasteiger partial charge on any atom is 0.289 e. The average Bonchev–Trinajstić information content (AvgIpc) is 3.28. The molecule has 0 radical (unpaired) electrons. The Kier molecular flexibility index (Phi) is 3.79. The number of nitrogens with zero attached hydrogens (tertiary/aromatic N) is 1. The van der Waals surface area contributed by atoms with Crippen LogP contribution in [0.3, 0.4) is 0 Å². The minimum Gasteiger partial charge on any atom is -0.489 e. The molecule has 2 aromatic rings. The van der Waals surface area contributed by atoms with Gasteiger partial charge in [-0.25, -0.2) is 0 Å². The van der Waals surface area contributed by atoms with Gasteiger partial charge in [0.25, 0.3) is 5.91 Å². The smallest absolute Gasteiger partial charge is 0.289 e. The van der Waals surface area contributed by atoms with E-state index in [1.807, 2.05) is 41.3 Å². The zero-order valence-corrected chi connectivity index (χ0v) is 12.9. The van der Waals surface area contributed by atoms with E-state index in [2.05, 4.69) is 5.32 Å². The summed E-state index contributed by atoms with van der Waals surface area (Å²) in [5.41, 5.74) is 0.800. The highest BCUT2D eigenvalue weighted by molar-refractivity contribution is 5.93. The molecule has 4 rings (SSSR count). The fourth-order valence-corrected chi connectivity index (χ4v) is 3.48. The Labute approximate surface area is 135 Å². The topological polar surface area (TPSA) is 54.7 Å². The Bertz CT molecular complexity index is 671.